The highest BCUT2D eigenvalue weighted by Gasteiger charge is 2.32. The van der Waals surface area contributed by atoms with Gasteiger partial charge >= 0.3 is 6.09 Å². The van der Waals surface area contributed by atoms with E-state index in [9.17, 15) is 4.79 Å². The standard InChI is InChI=1S/C11H11Cl2NO3/c12-8-1-7(2-9(13)3-8)4-14-10(5-15)6-17-11(14)16/h1-3,10,15H,4-6H2. The Morgan fingerprint density at radius 3 is 2.59 bits per heavy atom. The zero-order valence-electron chi connectivity index (χ0n) is 8.90. The minimum absolute atomic E-state index is 0.125. The zero-order chi connectivity index (χ0) is 12.4. The van der Waals surface area contributed by atoms with Gasteiger partial charge in [0.2, 0.25) is 0 Å². The summed E-state index contributed by atoms with van der Waals surface area (Å²) in [6.07, 6.45) is -0.430. The second-order valence-electron chi connectivity index (χ2n) is 3.82. The number of hydrogen-bond acceptors (Lipinski definition) is 3. The fourth-order valence-corrected chi connectivity index (χ4v) is 2.30. The molecule has 6 heteroatoms. The summed E-state index contributed by atoms with van der Waals surface area (Å²) in [7, 11) is 0. The molecule has 1 aliphatic heterocycles. The van der Waals surface area contributed by atoms with Gasteiger partial charge in [0.1, 0.15) is 6.61 Å². The van der Waals surface area contributed by atoms with Gasteiger partial charge in [-0.1, -0.05) is 23.2 Å². The zero-order valence-corrected chi connectivity index (χ0v) is 10.4. The molecule has 0 bridgehead atoms. The lowest BCUT2D eigenvalue weighted by molar-refractivity contribution is 0.151. The molecule has 0 spiro atoms. The minimum Gasteiger partial charge on any atom is -0.447 e. The predicted molar refractivity (Wildman–Crippen MR) is 64.2 cm³/mol. The van der Waals surface area contributed by atoms with Gasteiger partial charge in [0, 0.05) is 16.6 Å². The van der Waals surface area contributed by atoms with E-state index in [1.165, 1.54) is 4.90 Å². The second-order valence-corrected chi connectivity index (χ2v) is 4.69. The van der Waals surface area contributed by atoms with Crippen molar-refractivity contribution < 1.29 is 14.6 Å². The summed E-state index contributed by atoms with van der Waals surface area (Å²) in [5.74, 6) is 0. The Labute approximate surface area is 109 Å². The van der Waals surface area contributed by atoms with Crippen LogP contribution in [0, 0.1) is 0 Å². The number of aliphatic hydroxyl groups is 1. The van der Waals surface area contributed by atoms with Gasteiger partial charge in [-0.2, -0.15) is 0 Å². The van der Waals surface area contributed by atoms with Crippen LogP contribution in [0.4, 0.5) is 4.79 Å². The molecule has 1 saturated heterocycles. The molecule has 0 saturated carbocycles. The third kappa shape index (κ3) is 2.83. The molecule has 1 aromatic rings. The van der Waals surface area contributed by atoms with Crippen molar-refractivity contribution in [3.63, 3.8) is 0 Å². The smallest absolute Gasteiger partial charge is 0.410 e. The highest BCUT2D eigenvalue weighted by Crippen LogP contribution is 2.22. The van der Waals surface area contributed by atoms with Crippen LogP contribution in [0.2, 0.25) is 10.0 Å². The summed E-state index contributed by atoms with van der Waals surface area (Å²) >= 11 is 11.7. The fourth-order valence-electron chi connectivity index (χ4n) is 1.73. The molecule has 2 rings (SSSR count). The second kappa shape index (κ2) is 5.12. The Morgan fingerprint density at radius 2 is 2.00 bits per heavy atom. The number of ether oxygens (including phenoxy) is 1. The van der Waals surface area contributed by atoms with E-state index in [-0.39, 0.29) is 19.3 Å². The molecular weight excluding hydrogens is 265 g/mol. The average Bonchev–Trinajstić information content (AvgIpc) is 2.59. The molecule has 92 valence electrons. The lowest BCUT2D eigenvalue weighted by atomic mass is 10.2. The molecule has 0 aliphatic carbocycles. The first-order valence-corrected chi connectivity index (χ1v) is 5.85. The van der Waals surface area contributed by atoms with Gasteiger partial charge in [-0.05, 0) is 23.8 Å². The van der Waals surface area contributed by atoms with Gasteiger partial charge < -0.3 is 9.84 Å². The van der Waals surface area contributed by atoms with Gasteiger partial charge in [-0.25, -0.2) is 4.79 Å². The number of carbonyl (C=O) groups excluding carboxylic acids is 1. The van der Waals surface area contributed by atoms with E-state index in [0.29, 0.717) is 16.6 Å². The number of aliphatic hydroxyl groups excluding tert-OH is 1. The van der Waals surface area contributed by atoms with E-state index in [2.05, 4.69) is 0 Å². The molecule has 1 aromatic carbocycles. The monoisotopic (exact) mass is 275 g/mol. The van der Waals surface area contributed by atoms with Crippen LogP contribution < -0.4 is 0 Å². The SMILES string of the molecule is O=C1OCC(CO)N1Cc1cc(Cl)cc(Cl)c1. The summed E-state index contributed by atoms with van der Waals surface area (Å²) in [5.41, 5.74) is 0.805. The number of amides is 1. The van der Waals surface area contributed by atoms with Crippen LogP contribution in [0.5, 0.6) is 0 Å². The third-order valence-corrected chi connectivity index (χ3v) is 3.00. The molecule has 17 heavy (non-hydrogen) atoms. The Morgan fingerprint density at radius 1 is 1.35 bits per heavy atom. The average molecular weight is 276 g/mol. The van der Waals surface area contributed by atoms with Gasteiger partial charge in [-0.3, -0.25) is 4.90 Å². The molecular formula is C11H11Cl2NO3. The first kappa shape index (κ1) is 12.5. The maximum Gasteiger partial charge on any atom is 0.410 e. The van der Waals surface area contributed by atoms with Crippen LogP contribution >= 0.6 is 23.2 Å². The predicted octanol–water partition coefficient (Wildman–Crippen LogP) is 2.31. The van der Waals surface area contributed by atoms with Crippen molar-refractivity contribution in [3.8, 4) is 0 Å². The number of benzene rings is 1. The van der Waals surface area contributed by atoms with Crippen molar-refractivity contribution in [1.29, 1.82) is 0 Å². The highest BCUT2D eigenvalue weighted by molar-refractivity contribution is 6.34. The Hall–Kier alpha value is -0.970. The van der Waals surface area contributed by atoms with Gasteiger partial charge in [0.05, 0.1) is 12.6 Å². The largest absolute Gasteiger partial charge is 0.447 e. The Balaban J connectivity index is 2.16. The summed E-state index contributed by atoms with van der Waals surface area (Å²) < 4.78 is 4.86. The van der Waals surface area contributed by atoms with Crippen molar-refractivity contribution in [2.75, 3.05) is 13.2 Å². The van der Waals surface area contributed by atoms with E-state index >= 15 is 0 Å². The van der Waals surface area contributed by atoms with E-state index < -0.39 is 6.09 Å². The van der Waals surface area contributed by atoms with E-state index in [0.717, 1.165) is 5.56 Å². The molecule has 4 nitrogen and oxygen atoms in total. The quantitative estimate of drug-likeness (QED) is 0.921. The first-order chi connectivity index (χ1) is 8.10. The minimum atomic E-state index is -0.430. The molecule has 0 aromatic heterocycles. The van der Waals surface area contributed by atoms with Gasteiger partial charge in [0.15, 0.2) is 0 Å². The van der Waals surface area contributed by atoms with Crippen molar-refractivity contribution in [2.24, 2.45) is 0 Å². The molecule has 1 aliphatic rings. The molecule has 1 heterocycles. The lowest BCUT2D eigenvalue weighted by Gasteiger charge is -2.19. The number of halogens is 2. The lowest BCUT2D eigenvalue weighted by Crippen LogP contribution is -2.35. The van der Waals surface area contributed by atoms with Crippen LogP contribution in [0.1, 0.15) is 5.56 Å². The van der Waals surface area contributed by atoms with Crippen molar-refractivity contribution >= 4 is 29.3 Å². The molecule has 1 amide bonds. The van der Waals surface area contributed by atoms with Gasteiger partial charge in [0.25, 0.3) is 0 Å². The van der Waals surface area contributed by atoms with E-state index in [4.69, 9.17) is 33.0 Å². The number of cyclic esters (lactones) is 1. The molecule has 1 unspecified atom stereocenters. The van der Waals surface area contributed by atoms with E-state index in [1.807, 2.05) is 0 Å². The van der Waals surface area contributed by atoms with E-state index in [1.54, 1.807) is 18.2 Å². The topological polar surface area (TPSA) is 49.8 Å². The maximum atomic E-state index is 11.4. The molecule has 0 radical (unpaired) electrons. The number of hydrogen-bond donors (Lipinski definition) is 1. The normalized spacial score (nSPS) is 19.6. The summed E-state index contributed by atoms with van der Waals surface area (Å²) in [6, 6.07) is 4.78. The van der Waals surface area contributed by atoms with Crippen molar-refractivity contribution in [1.82, 2.24) is 4.90 Å². The summed E-state index contributed by atoms with van der Waals surface area (Å²) in [4.78, 5) is 12.9. The number of rotatable bonds is 3. The van der Waals surface area contributed by atoms with Gasteiger partial charge in [-0.15, -0.1) is 0 Å². The first-order valence-electron chi connectivity index (χ1n) is 5.09. The van der Waals surface area contributed by atoms with Crippen LogP contribution in [0.15, 0.2) is 18.2 Å². The van der Waals surface area contributed by atoms with Crippen LogP contribution in [-0.4, -0.2) is 35.4 Å². The maximum absolute atomic E-state index is 11.4. The number of carbonyl (C=O) groups is 1. The van der Waals surface area contributed by atoms with Crippen LogP contribution in [0.3, 0.4) is 0 Å². The molecule has 1 fully saturated rings. The van der Waals surface area contributed by atoms with Crippen molar-refractivity contribution in [2.45, 2.75) is 12.6 Å². The third-order valence-electron chi connectivity index (χ3n) is 2.56. The summed E-state index contributed by atoms with van der Waals surface area (Å²) in [5, 5.41) is 10.1. The fraction of sp³-hybridized carbons (Fsp3) is 0.364. The summed E-state index contributed by atoms with van der Waals surface area (Å²) in [6.45, 7) is 0.411. The Bertz CT molecular complexity index is 418. The van der Waals surface area contributed by atoms with Crippen LogP contribution in [0.25, 0.3) is 0 Å². The molecule has 1 atom stereocenters. The highest BCUT2D eigenvalue weighted by atomic mass is 35.5. The van der Waals surface area contributed by atoms with Crippen molar-refractivity contribution in [3.05, 3.63) is 33.8 Å². The Kier molecular flexibility index (Phi) is 3.76. The number of nitrogens with zero attached hydrogens (tertiary/aromatic N) is 1. The van der Waals surface area contributed by atoms with Crippen LogP contribution in [-0.2, 0) is 11.3 Å². The molecule has 1 N–H and O–H groups in total.